The summed E-state index contributed by atoms with van der Waals surface area (Å²) >= 11 is 3.25. The molecule has 0 spiro atoms. The summed E-state index contributed by atoms with van der Waals surface area (Å²) in [7, 11) is 0. The van der Waals surface area contributed by atoms with E-state index in [-0.39, 0.29) is 6.04 Å². The average Bonchev–Trinajstić information content (AvgIpc) is 2.97. The Morgan fingerprint density at radius 3 is 2.94 bits per heavy atom. The van der Waals surface area contributed by atoms with Crippen LogP contribution in [0.4, 0.5) is 0 Å². The second-order valence-electron chi connectivity index (χ2n) is 3.88. The van der Waals surface area contributed by atoms with Gasteiger partial charge in [0.1, 0.15) is 0 Å². The second kappa shape index (κ2) is 6.23. The maximum Gasteiger partial charge on any atom is 0.0807 e. The van der Waals surface area contributed by atoms with Crippen molar-refractivity contribution in [1.82, 2.24) is 14.9 Å². The quantitative estimate of drug-likeness (QED) is 0.873. The van der Waals surface area contributed by atoms with Crippen LogP contribution in [0.25, 0.3) is 0 Å². The number of rotatable bonds is 6. The third kappa shape index (κ3) is 2.91. The van der Waals surface area contributed by atoms with E-state index < -0.39 is 0 Å². The highest BCUT2D eigenvalue weighted by atomic mass is 32.1. The van der Waals surface area contributed by atoms with Crippen molar-refractivity contribution in [3.63, 3.8) is 0 Å². The number of hydrogen-bond acceptors (Lipinski definition) is 5. The van der Waals surface area contributed by atoms with Gasteiger partial charge in [0.2, 0.25) is 0 Å². The van der Waals surface area contributed by atoms with Gasteiger partial charge < -0.3 is 5.32 Å². The predicted molar refractivity (Wildman–Crippen MR) is 73.7 cm³/mol. The Kier molecular flexibility index (Phi) is 4.65. The summed E-state index contributed by atoms with van der Waals surface area (Å²) in [4.78, 5) is 1.27. The van der Waals surface area contributed by atoms with Crippen molar-refractivity contribution >= 4 is 22.9 Å². The van der Waals surface area contributed by atoms with Crippen LogP contribution in [0.5, 0.6) is 0 Å². The molecule has 2 heterocycles. The van der Waals surface area contributed by atoms with E-state index >= 15 is 0 Å². The van der Waals surface area contributed by atoms with Crippen LogP contribution in [-0.4, -0.2) is 16.1 Å². The Balaban J connectivity index is 2.29. The summed E-state index contributed by atoms with van der Waals surface area (Å²) in [5.74, 6) is 0. The predicted octanol–water partition coefficient (Wildman–Crippen LogP) is 3.25. The Morgan fingerprint density at radius 2 is 2.29 bits per heavy atom. The molecule has 1 N–H and O–H groups in total. The fourth-order valence-corrected chi connectivity index (χ4v) is 3.34. The molecule has 0 aliphatic carbocycles. The van der Waals surface area contributed by atoms with Crippen molar-refractivity contribution in [1.29, 1.82) is 0 Å². The van der Waals surface area contributed by atoms with E-state index in [4.69, 9.17) is 0 Å². The summed E-state index contributed by atoms with van der Waals surface area (Å²) in [5, 5.41) is 12.1. The minimum atomic E-state index is 0.257. The maximum atomic E-state index is 4.25. The van der Waals surface area contributed by atoms with Crippen LogP contribution in [-0.2, 0) is 6.42 Å². The fraction of sp³-hybridized carbons (Fsp3) is 0.500. The van der Waals surface area contributed by atoms with Gasteiger partial charge in [-0.05, 0) is 46.9 Å². The van der Waals surface area contributed by atoms with Gasteiger partial charge in [0.25, 0.3) is 0 Å². The zero-order chi connectivity index (χ0) is 12.1. The fourth-order valence-electron chi connectivity index (χ4n) is 1.85. The van der Waals surface area contributed by atoms with E-state index in [0.29, 0.717) is 0 Å². The van der Waals surface area contributed by atoms with Gasteiger partial charge in [0.05, 0.1) is 16.6 Å². The van der Waals surface area contributed by atoms with Gasteiger partial charge in [-0.2, -0.15) is 11.3 Å². The third-order valence-corrected chi connectivity index (χ3v) is 4.15. The van der Waals surface area contributed by atoms with Gasteiger partial charge >= 0.3 is 0 Å². The molecule has 2 aromatic rings. The van der Waals surface area contributed by atoms with Gasteiger partial charge in [-0.15, -0.1) is 5.10 Å². The van der Waals surface area contributed by atoms with E-state index in [1.807, 2.05) is 0 Å². The summed E-state index contributed by atoms with van der Waals surface area (Å²) in [6.07, 6.45) is 2.12. The molecule has 3 nitrogen and oxygen atoms in total. The Labute approximate surface area is 110 Å². The molecular weight excluding hydrogens is 250 g/mol. The van der Waals surface area contributed by atoms with Crippen molar-refractivity contribution < 1.29 is 0 Å². The van der Waals surface area contributed by atoms with Crippen molar-refractivity contribution in [2.45, 2.75) is 32.7 Å². The van der Waals surface area contributed by atoms with Gasteiger partial charge in [-0.3, -0.25) is 0 Å². The van der Waals surface area contributed by atoms with Gasteiger partial charge in [-0.25, -0.2) is 0 Å². The van der Waals surface area contributed by atoms with Crippen LogP contribution in [0.2, 0.25) is 0 Å². The molecule has 92 valence electrons. The Bertz CT molecular complexity index is 436. The highest BCUT2D eigenvalue weighted by Crippen LogP contribution is 2.28. The van der Waals surface area contributed by atoms with Crippen LogP contribution in [0.3, 0.4) is 0 Å². The molecule has 1 unspecified atom stereocenters. The lowest BCUT2D eigenvalue weighted by atomic mass is 10.1. The first-order valence-electron chi connectivity index (χ1n) is 5.93. The minimum absolute atomic E-state index is 0.257. The zero-order valence-corrected chi connectivity index (χ0v) is 11.8. The molecule has 0 fully saturated rings. The van der Waals surface area contributed by atoms with E-state index in [2.05, 4.69) is 45.6 Å². The first-order valence-corrected chi connectivity index (χ1v) is 7.65. The summed E-state index contributed by atoms with van der Waals surface area (Å²) in [5.41, 5.74) is 2.47. The van der Waals surface area contributed by atoms with Gasteiger partial charge in [-0.1, -0.05) is 24.8 Å². The van der Waals surface area contributed by atoms with Gasteiger partial charge in [0, 0.05) is 0 Å². The number of hydrogen-bond donors (Lipinski definition) is 1. The minimum Gasteiger partial charge on any atom is -0.306 e. The van der Waals surface area contributed by atoms with E-state index in [1.54, 1.807) is 11.3 Å². The molecular formula is C12H17N3S2. The molecule has 2 aromatic heterocycles. The Morgan fingerprint density at radius 1 is 1.41 bits per heavy atom. The number of aryl methyl sites for hydroxylation is 1. The highest BCUT2D eigenvalue weighted by Gasteiger charge is 2.20. The smallest absolute Gasteiger partial charge is 0.0807 e. The molecule has 0 saturated carbocycles. The van der Waals surface area contributed by atoms with Crippen LogP contribution in [0.15, 0.2) is 16.8 Å². The Hall–Kier alpha value is -0.780. The molecule has 0 aliphatic heterocycles. The first kappa shape index (κ1) is 12.7. The van der Waals surface area contributed by atoms with Crippen LogP contribution in [0, 0.1) is 0 Å². The zero-order valence-electron chi connectivity index (χ0n) is 10.1. The molecule has 0 aromatic carbocycles. The number of nitrogens with one attached hydrogen (secondary N) is 1. The molecule has 17 heavy (non-hydrogen) atoms. The normalized spacial score (nSPS) is 12.8. The van der Waals surface area contributed by atoms with E-state index in [9.17, 15) is 0 Å². The number of aromatic nitrogens is 2. The molecule has 0 amide bonds. The lowest BCUT2D eigenvalue weighted by Gasteiger charge is -2.15. The lowest BCUT2D eigenvalue weighted by Crippen LogP contribution is -2.21. The average molecular weight is 267 g/mol. The largest absolute Gasteiger partial charge is 0.306 e. The molecule has 5 heteroatoms. The molecule has 0 radical (unpaired) electrons. The van der Waals surface area contributed by atoms with Crippen molar-refractivity contribution in [2.75, 3.05) is 6.54 Å². The second-order valence-corrected chi connectivity index (χ2v) is 5.45. The van der Waals surface area contributed by atoms with Crippen LogP contribution >= 0.6 is 22.9 Å². The van der Waals surface area contributed by atoms with Crippen molar-refractivity contribution in [3.05, 3.63) is 33.0 Å². The van der Waals surface area contributed by atoms with Crippen LogP contribution < -0.4 is 5.32 Å². The van der Waals surface area contributed by atoms with Crippen LogP contribution in [0.1, 0.15) is 42.4 Å². The topological polar surface area (TPSA) is 37.8 Å². The first-order chi connectivity index (χ1) is 8.36. The summed E-state index contributed by atoms with van der Waals surface area (Å²) in [6.45, 7) is 5.26. The molecule has 2 rings (SSSR count). The summed E-state index contributed by atoms with van der Waals surface area (Å²) in [6, 6.07) is 2.43. The third-order valence-electron chi connectivity index (χ3n) is 2.62. The summed E-state index contributed by atoms with van der Waals surface area (Å²) < 4.78 is 4.11. The van der Waals surface area contributed by atoms with E-state index in [0.717, 1.165) is 25.1 Å². The number of nitrogens with zero attached hydrogens (tertiary/aromatic N) is 2. The molecule has 0 aliphatic rings. The lowest BCUT2D eigenvalue weighted by molar-refractivity contribution is 0.632. The SMILES string of the molecule is CCCc1nnsc1C(NCC)c1ccsc1. The van der Waals surface area contributed by atoms with Crippen molar-refractivity contribution in [3.8, 4) is 0 Å². The molecule has 0 bridgehead atoms. The molecule has 1 atom stereocenters. The monoisotopic (exact) mass is 267 g/mol. The molecule has 0 saturated heterocycles. The standard InChI is InChI=1S/C12H17N3S2/c1-3-5-10-12(17-15-14-10)11(13-4-2)9-6-7-16-8-9/h6-8,11,13H,3-5H2,1-2H3. The van der Waals surface area contributed by atoms with Crippen molar-refractivity contribution in [2.24, 2.45) is 0 Å². The van der Waals surface area contributed by atoms with Gasteiger partial charge in [0.15, 0.2) is 0 Å². The van der Waals surface area contributed by atoms with E-state index in [1.165, 1.54) is 22.0 Å². The maximum absolute atomic E-state index is 4.25. The highest BCUT2D eigenvalue weighted by molar-refractivity contribution is 7.08. The number of thiophene rings is 1.